The number of nitrogens with one attached hydrogen (secondary N) is 2. The van der Waals surface area contributed by atoms with E-state index in [-0.39, 0.29) is 23.2 Å². The molecule has 1 amide bonds. The first-order valence-corrected chi connectivity index (χ1v) is 6.53. The van der Waals surface area contributed by atoms with Gasteiger partial charge in [0.1, 0.15) is 5.69 Å². The number of hydrogen-bond acceptors (Lipinski definition) is 6. The second-order valence-electron chi connectivity index (χ2n) is 4.96. The van der Waals surface area contributed by atoms with Gasteiger partial charge in [0.05, 0.1) is 4.92 Å². The molecule has 0 aliphatic heterocycles. The number of hydrazine groups is 1. The van der Waals surface area contributed by atoms with Crippen LogP contribution >= 0.6 is 0 Å². The normalized spacial score (nSPS) is 12.0. The average molecular weight is 295 g/mol. The summed E-state index contributed by atoms with van der Waals surface area (Å²) in [5.74, 6) is 5.06. The van der Waals surface area contributed by atoms with Gasteiger partial charge in [-0.15, -0.1) is 0 Å². The number of carbonyl (C=O) groups is 1. The Morgan fingerprint density at radius 3 is 2.71 bits per heavy atom. The third-order valence-electron chi connectivity index (χ3n) is 3.15. The molecule has 1 unspecified atom stereocenters. The number of carbonyl (C=O) groups excluding carboxylic acids is 1. The van der Waals surface area contributed by atoms with Gasteiger partial charge in [-0.2, -0.15) is 0 Å². The van der Waals surface area contributed by atoms with Crippen LogP contribution in [0.15, 0.2) is 18.2 Å². The zero-order valence-electron chi connectivity index (χ0n) is 12.4. The topological polar surface area (TPSA) is 114 Å². The van der Waals surface area contributed by atoms with Gasteiger partial charge in [0.15, 0.2) is 0 Å². The number of benzene rings is 1. The second kappa shape index (κ2) is 7.55. The van der Waals surface area contributed by atoms with Crippen molar-refractivity contribution in [1.82, 2.24) is 10.2 Å². The van der Waals surface area contributed by atoms with E-state index in [1.54, 1.807) is 19.2 Å². The minimum Gasteiger partial charge on any atom is -0.359 e. The molecule has 116 valence electrons. The van der Waals surface area contributed by atoms with Gasteiger partial charge in [0, 0.05) is 32.1 Å². The second-order valence-corrected chi connectivity index (χ2v) is 4.96. The van der Waals surface area contributed by atoms with Crippen molar-refractivity contribution in [2.75, 3.05) is 26.1 Å². The van der Waals surface area contributed by atoms with Crippen LogP contribution in [-0.4, -0.2) is 36.4 Å². The minimum absolute atomic E-state index is 0.0319. The van der Waals surface area contributed by atoms with Gasteiger partial charge in [-0.25, -0.2) is 0 Å². The third-order valence-corrected chi connectivity index (χ3v) is 3.15. The van der Waals surface area contributed by atoms with Crippen molar-refractivity contribution in [2.45, 2.75) is 13.5 Å². The van der Waals surface area contributed by atoms with Gasteiger partial charge in [-0.3, -0.25) is 20.8 Å². The van der Waals surface area contributed by atoms with Crippen molar-refractivity contribution in [3.05, 3.63) is 33.9 Å². The minimum atomic E-state index is -0.480. The van der Waals surface area contributed by atoms with Crippen LogP contribution in [0.25, 0.3) is 0 Å². The summed E-state index contributed by atoms with van der Waals surface area (Å²) in [5.41, 5.74) is 3.29. The van der Waals surface area contributed by atoms with Crippen molar-refractivity contribution in [3.8, 4) is 0 Å². The molecule has 0 fully saturated rings. The van der Waals surface area contributed by atoms with Gasteiger partial charge in [-0.05, 0) is 18.7 Å². The highest BCUT2D eigenvalue weighted by Crippen LogP contribution is 2.25. The number of nitrogens with zero attached hydrogens (tertiary/aromatic N) is 2. The van der Waals surface area contributed by atoms with E-state index in [1.165, 1.54) is 6.07 Å². The zero-order chi connectivity index (χ0) is 16.0. The van der Waals surface area contributed by atoms with Crippen molar-refractivity contribution in [2.24, 2.45) is 11.8 Å². The van der Waals surface area contributed by atoms with Gasteiger partial charge in [0.25, 0.3) is 5.69 Å². The lowest BCUT2D eigenvalue weighted by Gasteiger charge is -2.20. The summed E-state index contributed by atoms with van der Waals surface area (Å²) in [4.78, 5) is 23.9. The average Bonchev–Trinajstić information content (AvgIpc) is 2.45. The molecule has 0 bridgehead atoms. The number of nitro groups is 1. The number of rotatable bonds is 7. The first-order chi connectivity index (χ1) is 9.88. The highest BCUT2D eigenvalue weighted by atomic mass is 16.6. The summed E-state index contributed by atoms with van der Waals surface area (Å²) in [6.45, 7) is 2.90. The Balaban J connectivity index is 2.76. The molecular formula is C13H21N5O3. The summed E-state index contributed by atoms with van der Waals surface area (Å²) in [7, 11) is 3.46. The van der Waals surface area contributed by atoms with Gasteiger partial charge >= 0.3 is 0 Å². The van der Waals surface area contributed by atoms with E-state index < -0.39 is 4.92 Å². The van der Waals surface area contributed by atoms with Crippen LogP contribution in [0.4, 0.5) is 11.4 Å². The highest BCUT2D eigenvalue weighted by Gasteiger charge is 2.16. The Bertz CT molecular complexity index is 521. The summed E-state index contributed by atoms with van der Waals surface area (Å²) in [6, 6.07) is 4.82. The van der Waals surface area contributed by atoms with E-state index in [0.29, 0.717) is 13.1 Å². The lowest BCUT2D eigenvalue weighted by atomic mass is 10.1. The number of nitrogen functional groups attached to an aromatic ring is 1. The Kier molecular flexibility index (Phi) is 6.07. The van der Waals surface area contributed by atoms with Crippen LogP contribution in [0.2, 0.25) is 0 Å². The van der Waals surface area contributed by atoms with Crippen molar-refractivity contribution in [1.29, 1.82) is 0 Å². The first kappa shape index (κ1) is 16.9. The van der Waals surface area contributed by atoms with Crippen molar-refractivity contribution < 1.29 is 9.72 Å². The maximum absolute atomic E-state index is 11.5. The predicted molar refractivity (Wildman–Crippen MR) is 80.5 cm³/mol. The van der Waals surface area contributed by atoms with E-state index in [0.717, 1.165) is 5.56 Å². The van der Waals surface area contributed by atoms with Gasteiger partial charge in [0.2, 0.25) is 5.91 Å². The smallest absolute Gasteiger partial charge is 0.293 e. The standard InChI is InChI=1S/C13H21N5O3/c1-9(13(19)15-2)7-17(3)8-10-4-5-11(16-14)12(6-10)18(20)21/h4-6,9,16H,7-8,14H2,1-3H3,(H,15,19). The van der Waals surface area contributed by atoms with E-state index >= 15 is 0 Å². The van der Waals surface area contributed by atoms with E-state index in [9.17, 15) is 14.9 Å². The zero-order valence-corrected chi connectivity index (χ0v) is 12.4. The maximum atomic E-state index is 11.5. The molecule has 0 aromatic heterocycles. The predicted octanol–water partition coefficient (Wildman–Crippen LogP) is 0.694. The largest absolute Gasteiger partial charge is 0.359 e. The number of nitrogens with two attached hydrogens (primary N) is 1. The molecule has 0 saturated heterocycles. The SMILES string of the molecule is CNC(=O)C(C)CN(C)Cc1ccc(NN)c([N+](=O)[O-])c1. The summed E-state index contributed by atoms with van der Waals surface area (Å²) in [6.07, 6.45) is 0. The van der Waals surface area contributed by atoms with Crippen LogP contribution < -0.4 is 16.6 Å². The van der Waals surface area contributed by atoms with E-state index in [1.807, 2.05) is 18.9 Å². The fourth-order valence-corrected chi connectivity index (χ4v) is 2.12. The summed E-state index contributed by atoms with van der Waals surface area (Å²) in [5, 5.41) is 13.6. The molecule has 4 N–H and O–H groups in total. The Labute approximate surface area is 123 Å². The molecule has 8 nitrogen and oxygen atoms in total. The number of hydrogen-bond donors (Lipinski definition) is 3. The van der Waals surface area contributed by atoms with Gasteiger partial charge in [-0.1, -0.05) is 13.0 Å². The molecule has 1 aromatic rings. The summed E-state index contributed by atoms with van der Waals surface area (Å²) >= 11 is 0. The molecule has 0 saturated carbocycles. The summed E-state index contributed by atoms with van der Waals surface area (Å²) < 4.78 is 0. The van der Waals surface area contributed by atoms with Crippen LogP contribution in [0.1, 0.15) is 12.5 Å². The van der Waals surface area contributed by atoms with E-state index in [2.05, 4.69) is 10.7 Å². The lowest BCUT2D eigenvalue weighted by molar-refractivity contribution is -0.384. The molecule has 1 atom stereocenters. The molecular weight excluding hydrogens is 274 g/mol. The van der Waals surface area contributed by atoms with Crippen LogP contribution in [0.3, 0.4) is 0 Å². The molecule has 1 rings (SSSR count). The first-order valence-electron chi connectivity index (χ1n) is 6.53. The Hall–Kier alpha value is -2.19. The molecule has 21 heavy (non-hydrogen) atoms. The molecule has 8 heteroatoms. The number of anilines is 1. The molecule has 1 aromatic carbocycles. The molecule has 0 radical (unpaired) electrons. The molecule has 0 heterocycles. The highest BCUT2D eigenvalue weighted by molar-refractivity contribution is 5.78. The monoisotopic (exact) mass is 295 g/mol. The number of nitro benzene ring substituents is 1. The molecule has 0 spiro atoms. The number of amides is 1. The van der Waals surface area contributed by atoms with Gasteiger partial charge < -0.3 is 15.6 Å². The Morgan fingerprint density at radius 2 is 2.19 bits per heavy atom. The van der Waals surface area contributed by atoms with Crippen molar-refractivity contribution >= 4 is 17.3 Å². The Morgan fingerprint density at radius 1 is 1.52 bits per heavy atom. The fraction of sp³-hybridized carbons (Fsp3) is 0.462. The van der Waals surface area contributed by atoms with Crippen LogP contribution in [-0.2, 0) is 11.3 Å². The van der Waals surface area contributed by atoms with E-state index in [4.69, 9.17) is 5.84 Å². The lowest BCUT2D eigenvalue weighted by Crippen LogP contribution is -2.34. The fourth-order valence-electron chi connectivity index (χ4n) is 2.12. The quantitative estimate of drug-likeness (QED) is 0.387. The molecule has 0 aliphatic rings. The van der Waals surface area contributed by atoms with Crippen LogP contribution in [0.5, 0.6) is 0 Å². The maximum Gasteiger partial charge on any atom is 0.293 e. The van der Waals surface area contributed by atoms with Crippen molar-refractivity contribution in [3.63, 3.8) is 0 Å². The third kappa shape index (κ3) is 4.69. The molecule has 0 aliphatic carbocycles. The van der Waals surface area contributed by atoms with Crippen LogP contribution in [0, 0.1) is 16.0 Å².